The fourth-order valence-electron chi connectivity index (χ4n) is 5.31. The Balaban J connectivity index is 1.45. The van der Waals surface area contributed by atoms with Crippen LogP contribution in [0.4, 0.5) is 0 Å². The lowest BCUT2D eigenvalue weighted by molar-refractivity contribution is -0.125. The molecule has 2 aromatic rings. The molecule has 6 N–H and O–H groups in total. The normalized spacial score (nSPS) is 18.0. The maximum atomic E-state index is 13.6. The van der Waals surface area contributed by atoms with Gasteiger partial charge in [0.05, 0.1) is 43.5 Å². The molecule has 268 valence electrons. The van der Waals surface area contributed by atoms with Gasteiger partial charge in [0.15, 0.2) is 34.6 Å². The fraction of sp³-hybridized carbons (Fsp3) is 0.543. The number of carbonyl (C=O) groups excluding carboxylic acids is 4. The Bertz CT molecular complexity index is 1530. The summed E-state index contributed by atoms with van der Waals surface area (Å²) in [5, 5.41) is 5.71. The van der Waals surface area contributed by atoms with E-state index in [2.05, 4.69) is 10.6 Å². The molecule has 0 spiro atoms. The van der Waals surface area contributed by atoms with Crippen LogP contribution < -0.4 is 41.0 Å². The summed E-state index contributed by atoms with van der Waals surface area (Å²) in [6.07, 6.45) is -1.29. The van der Waals surface area contributed by atoms with Gasteiger partial charge in [0.1, 0.15) is 0 Å². The number of nitrogens with two attached hydrogens (primary N) is 2. The first-order valence-electron chi connectivity index (χ1n) is 16.6. The van der Waals surface area contributed by atoms with Crippen LogP contribution in [0.15, 0.2) is 36.4 Å². The molecule has 49 heavy (non-hydrogen) atoms. The van der Waals surface area contributed by atoms with Gasteiger partial charge in [-0.3, -0.25) is 29.0 Å². The maximum Gasteiger partial charge on any atom is 0.254 e. The summed E-state index contributed by atoms with van der Waals surface area (Å²) < 4.78 is 23.0. The van der Waals surface area contributed by atoms with E-state index in [0.717, 1.165) is 0 Å². The predicted molar refractivity (Wildman–Crippen MR) is 182 cm³/mol. The number of nitrogens with zero attached hydrogens (tertiary/aromatic N) is 2. The maximum absolute atomic E-state index is 13.6. The first-order chi connectivity index (χ1) is 23.1. The number of amides is 2. The average molecular weight is 683 g/mol. The van der Waals surface area contributed by atoms with Gasteiger partial charge in [-0.15, -0.1) is 0 Å². The molecule has 0 saturated heterocycles. The van der Waals surface area contributed by atoms with Crippen molar-refractivity contribution >= 4 is 23.4 Å². The second-order valence-electron chi connectivity index (χ2n) is 13.3. The zero-order valence-corrected chi connectivity index (χ0v) is 29.5. The molecule has 0 bridgehead atoms. The van der Waals surface area contributed by atoms with Crippen LogP contribution in [0, 0.1) is 11.8 Å². The van der Waals surface area contributed by atoms with E-state index < -0.39 is 36.6 Å². The van der Waals surface area contributed by atoms with Crippen molar-refractivity contribution in [3.8, 4) is 23.0 Å². The molecule has 2 aliphatic rings. The van der Waals surface area contributed by atoms with Crippen LogP contribution in [0.2, 0.25) is 0 Å². The van der Waals surface area contributed by atoms with E-state index in [1.807, 2.05) is 27.7 Å². The summed E-state index contributed by atoms with van der Waals surface area (Å²) in [6, 6.07) is 7.26. The van der Waals surface area contributed by atoms with Gasteiger partial charge >= 0.3 is 0 Å². The topological polar surface area (TPSA) is 188 Å². The minimum atomic E-state index is -0.844. The molecular weight excluding hydrogens is 632 g/mol. The summed E-state index contributed by atoms with van der Waals surface area (Å²) >= 11 is 0. The van der Waals surface area contributed by atoms with Crippen LogP contribution in [-0.4, -0.2) is 96.9 Å². The molecule has 2 amide bonds. The summed E-state index contributed by atoms with van der Waals surface area (Å²) in [5.74, 6) is 0.724. The van der Waals surface area contributed by atoms with E-state index >= 15 is 0 Å². The Morgan fingerprint density at radius 1 is 0.755 bits per heavy atom. The molecule has 6 atom stereocenters. The first-order valence-corrected chi connectivity index (χ1v) is 16.6. The second-order valence-corrected chi connectivity index (χ2v) is 13.3. The molecule has 2 aromatic carbocycles. The van der Waals surface area contributed by atoms with Gasteiger partial charge in [0, 0.05) is 11.1 Å². The van der Waals surface area contributed by atoms with Crippen LogP contribution in [0.3, 0.4) is 0 Å². The Labute approximate surface area is 287 Å². The minimum absolute atomic E-state index is 0.000651. The van der Waals surface area contributed by atoms with Gasteiger partial charge in [-0.25, -0.2) is 0 Å². The number of rotatable bonds is 16. The smallest absolute Gasteiger partial charge is 0.254 e. The van der Waals surface area contributed by atoms with Crippen molar-refractivity contribution in [1.29, 1.82) is 0 Å². The van der Waals surface area contributed by atoms with E-state index in [1.165, 1.54) is 0 Å². The van der Waals surface area contributed by atoms with Crippen molar-refractivity contribution in [2.45, 2.75) is 85.1 Å². The van der Waals surface area contributed by atoms with Crippen molar-refractivity contribution in [1.82, 2.24) is 20.4 Å². The lowest BCUT2D eigenvalue weighted by Crippen LogP contribution is -2.54. The first kappa shape index (κ1) is 37.6. The molecule has 4 unspecified atom stereocenters. The van der Waals surface area contributed by atoms with Crippen LogP contribution in [0.1, 0.15) is 69.2 Å². The predicted octanol–water partition coefficient (Wildman–Crippen LogP) is 2.09. The number of fused-ring (bicyclic) bond motifs is 2. The standard InChI is InChI=1S/C35H50N6O8/c1-18(2)30(36)34(44)38-16-41(21(6)33(43)23-9-11-25-27(13-23)47-17-46-25)15-29-48-26-12-10-24(14-28(26)49-29)32(42)20(5)40(8)22(7)39-35(45)31(37)19(3)4/h9-14,18-22,29-31H,15-17,36-37H2,1-8H3,(H,38,44)(H,39,45)/t20?,21?,22?,29?,30-,31-/m0/s1. The number of hydrogen-bond acceptors (Lipinski definition) is 12. The Hall–Kier alpha value is -4.24. The van der Waals surface area contributed by atoms with Crippen molar-refractivity contribution < 1.29 is 38.1 Å². The number of hydrogen-bond donors (Lipinski definition) is 4. The number of nitrogens with one attached hydrogen (secondary N) is 2. The molecule has 14 nitrogen and oxygen atoms in total. The van der Waals surface area contributed by atoms with E-state index in [9.17, 15) is 19.2 Å². The van der Waals surface area contributed by atoms with Gasteiger partial charge in [-0.2, -0.15) is 0 Å². The molecule has 2 aliphatic heterocycles. The average Bonchev–Trinajstić information content (AvgIpc) is 3.72. The van der Waals surface area contributed by atoms with Gasteiger partial charge in [0.25, 0.3) is 6.29 Å². The number of carbonyl (C=O) groups is 4. The van der Waals surface area contributed by atoms with Crippen molar-refractivity contribution in [3.05, 3.63) is 47.5 Å². The molecule has 0 fully saturated rings. The van der Waals surface area contributed by atoms with Gasteiger partial charge < -0.3 is 41.0 Å². The van der Waals surface area contributed by atoms with Crippen molar-refractivity contribution in [2.24, 2.45) is 23.3 Å². The highest BCUT2D eigenvalue weighted by atomic mass is 16.7. The zero-order chi connectivity index (χ0) is 36.2. The molecular formula is C35H50N6O8. The Kier molecular flexibility index (Phi) is 12.3. The van der Waals surface area contributed by atoms with Gasteiger partial charge in [-0.1, -0.05) is 27.7 Å². The number of Topliss-reactive ketones (excluding diaryl/α,β-unsaturated/α-hetero) is 2. The van der Waals surface area contributed by atoms with Gasteiger partial charge in [0.2, 0.25) is 18.6 Å². The Morgan fingerprint density at radius 3 is 1.92 bits per heavy atom. The molecule has 0 saturated carbocycles. The number of likely N-dealkylation sites (N-methyl/N-ethyl adjacent to an activating group) is 1. The fourth-order valence-corrected chi connectivity index (χ4v) is 5.31. The minimum Gasteiger partial charge on any atom is -0.454 e. The molecule has 0 radical (unpaired) electrons. The molecule has 4 rings (SSSR count). The van der Waals surface area contributed by atoms with E-state index in [0.29, 0.717) is 34.1 Å². The Morgan fingerprint density at radius 2 is 1.29 bits per heavy atom. The van der Waals surface area contributed by atoms with Crippen LogP contribution in [-0.2, 0) is 9.59 Å². The number of ether oxygens (including phenoxy) is 4. The van der Waals surface area contributed by atoms with Crippen LogP contribution in [0.25, 0.3) is 0 Å². The lowest BCUT2D eigenvalue weighted by atomic mass is 10.0. The van der Waals surface area contributed by atoms with Crippen LogP contribution in [0.5, 0.6) is 23.0 Å². The summed E-state index contributed by atoms with van der Waals surface area (Å²) in [4.78, 5) is 55.9. The SMILES string of the molecule is CC(C)[C@H](N)C(=O)NCN(CC1Oc2ccc(C(=O)C(C)N(C)C(C)NC(=O)[C@@H](N)C(C)C)cc2O1)C(C)C(=O)c1ccc2c(c1)OCO2. The van der Waals surface area contributed by atoms with Crippen molar-refractivity contribution in [3.63, 3.8) is 0 Å². The van der Waals surface area contributed by atoms with Crippen molar-refractivity contribution in [2.75, 3.05) is 27.1 Å². The van der Waals surface area contributed by atoms with E-state index in [4.69, 9.17) is 30.4 Å². The molecule has 0 aromatic heterocycles. The summed E-state index contributed by atoms with van der Waals surface area (Å²) in [7, 11) is 1.75. The highest BCUT2D eigenvalue weighted by Crippen LogP contribution is 2.37. The van der Waals surface area contributed by atoms with Gasteiger partial charge in [-0.05, 0) is 76.1 Å². The summed E-state index contributed by atoms with van der Waals surface area (Å²) in [5.41, 5.74) is 12.9. The van der Waals surface area contributed by atoms with Crippen LogP contribution >= 0.6 is 0 Å². The largest absolute Gasteiger partial charge is 0.454 e. The number of benzene rings is 2. The lowest BCUT2D eigenvalue weighted by Gasteiger charge is -2.31. The number of ketones is 2. The highest BCUT2D eigenvalue weighted by molar-refractivity contribution is 6.01. The quantitative estimate of drug-likeness (QED) is 0.149. The highest BCUT2D eigenvalue weighted by Gasteiger charge is 2.33. The summed E-state index contributed by atoms with van der Waals surface area (Å²) in [6.45, 7) is 12.9. The third-order valence-corrected chi connectivity index (χ3v) is 9.16. The molecule has 2 heterocycles. The monoisotopic (exact) mass is 682 g/mol. The zero-order valence-electron chi connectivity index (χ0n) is 29.5. The second kappa shape index (κ2) is 16.0. The third kappa shape index (κ3) is 8.87. The van der Waals surface area contributed by atoms with E-state index in [-0.39, 0.29) is 55.2 Å². The third-order valence-electron chi connectivity index (χ3n) is 9.16. The van der Waals surface area contributed by atoms with E-state index in [1.54, 1.807) is 74.0 Å². The molecule has 14 heteroatoms. The molecule has 0 aliphatic carbocycles.